The molecule has 1 heterocycles. The first kappa shape index (κ1) is 25.6. The predicted molar refractivity (Wildman–Crippen MR) is 128 cm³/mol. The van der Waals surface area contributed by atoms with Crippen LogP contribution in [0.4, 0.5) is 0 Å². The van der Waals surface area contributed by atoms with Gasteiger partial charge in [-0.2, -0.15) is 0 Å². The summed E-state index contributed by atoms with van der Waals surface area (Å²) in [7, 11) is -7.39. The quantitative estimate of drug-likeness (QED) is 0.357. The molecule has 8 nitrogen and oxygen atoms in total. The molecule has 10 heteroatoms. The summed E-state index contributed by atoms with van der Waals surface area (Å²) in [4.78, 5) is 25.0. The molecule has 0 aliphatic carbocycles. The minimum Gasteiger partial charge on any atom is -0.480 e. The van der Waals surface area contributed by atoms with Crippen LogP contribution in [0, 0.1) is 0 Å². The highest BCUT2D eigenvalue weighted by molar-refractivity contribution is 7.90. The second kappa shape index (κ2) is 10.1. The standard InChI is InChI=1S/C23H31N2O6PS/c1-33(30,31)21-11-5-4-10-20(21)19-9-3-2-8-18(19)16-25-14-15-32(28,29)23(17-25,22(26)27)12-6-7-13-24/h2-5,8-11H,6-7,12-17,24H2,1H3,(H,26,27)(H,28,29)/t23-/m0/s1. The number of hydrogen-bond donors (Lipinski definition) is 3. The van der Waals surface area contributed by atoms with Gasteiger partial charge in [-0.25, -0.2) is 8.42 Å². The van der Waals surface area contributed by atoms with Gasteiger partial charge in [-0.1, -0.05) is 48.9 Å². The number of carbonyl (C=O) groups is 1. The Balaban J connectivity index is 1.96. The Labute approximate surface area is 194 Å². The van der Waals surface area contributed by atoms with Crippen molar-refractivity contribution in [1.82, 2.24) is 4.90 Å². The van der Waals surface area contributed by atoms with E-state index in [-0.39, 0.29) is 30.6 Å². The second-order valence-electron chi connectivity index (χ2n) is 8.64. The van der Waals surface area contributed by atoms with Crippen LogP contribution < -0.4 is 5.73 Å². The fourth-order valence-corrected chi connectivity index (χ4v) is 7.61. The first-order valence-electron chi connectivity index (χ1n) is 10.9. The largest absolute Gasteiger partial charge is 0.480 e. The van der Waals surface area contributed by atoms with E-state index in [4.69, 9.17) is 5.73 Å². The fourth-order valence-electron chi connectivity index (χ4n) is 4.50. The van der Waals surface area contributed by atoms with E-state index in [1.807, 2.05) is 29.2 Å². The lowest BCUT2D eigenvalue weighted by Crippen LogP contribution is -2.53. The van der Waals surface area contributed by atoms with Crippen LogP contribution >= 0.6 is 7.37 Å². The van der Waals surface area contributed by atoms with Crippen molar-refractivity contribution < 1.29 is 27.8 Å². The smallest absolute Gasteiger partial charge is 0.320 e. The van der Waals surface area contributed by atoms with Gasteiger partial charge in [0.15, 0.2) is 15.0 Å². The third-order valence-corrected chi connectivity index (χ3v) is 10.2. The Morgan fingerprint density at radius 2 is 1.76 bits per heavy atom. The van der Waals surface area contributed by atoms with E-state index in [0.717, 1.165) is 11.1 Å². The van der Waals surface area contributed by atoms with Crippen LogP contribution in [0.15, 0.2) is 53.4 Å². The Morgan fingerprint density at radius 1 is 1.12 bits per heavy atom. The normalized spacial score (nSPS) is 24.0. The molecule has 2 atom stereocenters. The van der Waals surface area contributed by atoms with Gasteiger partial charge in [0.25, 0.3) is 0 Å². The number of aliphatic carboxylic acids is 1. The highest BCUT2D eigenvalue weighted by Gasteiger charge is 2.56. The van der Waals surface area contributed by atoms with Crippen LogP contribution in [0.2, 0.25) is 0 Å². The topological polar surface area (TPSA) is 138 Å². The van der Waals surface area contributed by atoms with Gasteiger partial charge < -0.3 is 15.7 Å². The maximum absolute atomic E-state index is 13.0. The molecule has 1 aliphatic rings. The zero-order valence-electron chi connectivity index (χ0n) is 18.7. The molecule has 33 heavy (non-hydrogen) atoms. The van der Waals surface area contributed by atoms with Crippen LogP contribution in [0.3, 0.4) is 0 Å². The van der Waals surface area contributed by atoms with E-state index >= 15 is 0 Å². The minimum absolute atomic E-state index is 0.0528. The molecule has 0 aromatic heterocycles. The number of nitrogens with two attached hydrogens (primary N) is 1. The average Bonchev–Trinajstić information content (AvgIpc) is 2.75. The van der Waals surface area contributed by atoms with Gasteiger partial charge in [-0.05, 0) is 36.6 Å². The molecule has 1 fully saturated rings. The number of nitrogens with zero attached hydrogens (tertiary/aromatic N) is 1. The molecular weight excluding hydrogens is 463 g/mol. The van der Waals surface area contributed by atoms with Crippen molar-refractivity contribution in [2.45, 2.75) is 35.9 Å². The molecule has 180 valence electrons. The van der Waals surface area contributed by atoms with Crippen LogP contribution in [-0.2, 0) is 25.7 Å². The second-order valence-corrected chi connectivity index (χ2v) is 13.3. The third kappa shape index (κ3) is 5.39. The first-order chi connectivity index (χ1) is 15.5. The highest BCUT2D eigenvalue weighted by Crippen LogP contribution is 2.59. The van der Waals surface area contributed by atoms with E-state index in [2.05, 4.69) is 0 Å². The minimum atomic E-state index is -3.93. The first-order valence-corrected chi connectivity index (χ1v) is 14.6. The summed E-state index contributed by atoms with van der Waals surface area (Å²) in [5.74, 6) is -1.26. The van der Waals surface area contributed by atoms with Gasteiger partial charge in [-0.15, -0.1) is 0 Å². The monoisotopic (exact) mass is 494 g/mol. The van der Waals surface area contributed by atoms with E-state index < -0.39 is 28.3 Å². The van der Waals surface area contributed by atoms with Crippen molar-refractivity contribution in [3.63, 3.8) is 0 Å². The lowest BCUT2D eigenvalue weighted by Gasteiger charge is -2.43. The van der Waals surface area contributed by atoms with Crippen molar-refractivity contribution in [3.8, 4) is 11.1 Å². The fraction of sp³-hybridized carbons (Fsp3) is 0.435. The molecule has 2 aromatic rings. The Bertz CT molecular complexity index is 1170. The molecule has 1 aliphatic heterocycles. The predicted octanol–water partition coefficient (Wildman–Crippen LogP) is 2.80. The van der Waals surface area contributed by atoms with E-state index in [1.165, 1.54) is 6.26 Å². The molecule has 4 N–H and O–H groups in total. The molecular formula is C23H31N2O6PS. The van der Waals surface area contributed by atoms with Crippen molar-refractivity contribution in [2.75, 3.05) is 32.1 Å². The van der Waals surface area contributed by atoms with Gasteiger partial charge in [0, 0.05) is 37.6 Å². The SMILES string of the molecule is CS(=O)(=O)c1ccccc1-c1ccccc1CN1CCP(=O)(O)[C@](CCCCN)(C(=O)O)C1. The van der Waals surface area contributed by atoms with Crippen molar-refractivity contribution in [3.05, 3.63) is 54.1 Å². The molecule has 0 saturated carbocycles. The number of hydrogen-bond acceptors (Lipinski definition) is 6. The Kier molecular flexibility index (Phi) is 7.81. The summed E-state index contributed by atoms with van der Waals surface area (Å²) in [6.07, 6.45) is 2.19. The van der Waals surface area contributed by atoms with Crippen LogP contribution in [0.5, 0.6) is 0 Å². The van der Waals surface area contributed by atoms with Gasteiger partial charge in [0.1, 0.15) is 0 Å². The summed E-state index contributed by atoms with van der Waals surface area (Å²) in [6, 6.07) is 14.1. The number of carboxylic acids is 1. The van der Waals surface area contributed by atoms with Gasteiger partial charge in [0.05, 0.1) is 4.90 Å². The van der Waals surface area contributed by atoms with E-state index in [0.29, 0.717) is 31.5 Å². The number of sulfone groups is 1. The zero-order chi connectivity index (χ0) is 24.3. The molecule has 0 bridgehead atoms. The van der Waals surface area contributed by atoms with Crippen LogP contribution in [0.25, 0.3) is 11.1 Å². The van der Waals surface area contributed by atoms with Gasteiger partial charge >= 0.3 is 5.97 Å². The summed E-state index contributed by atoms with van der Waals surface area (Å²) in [6.45, 7) is 0.951. The highest BCUT2D eigenvalue weighted by atomic mass is 32.2. The number of carboxylic acid groups (broad SMARTS) is 1. The van der Waals surface area contributed by atoms with Crippen molar-refractivity contribution in [1.29, 1.82) is 0 Å². The maximum Gasteiger partial charge on any atom is 0.320 e. The molecule has 1 saturated heterocycles. The van der Waals surface area contributed by atoms with Crippen molar-refractivity contribution >= 4 is 23.2 Å². The molecule has 3 rings (SSSR count). The zero-order valence-corrected chi connectivity index (χ0v) is 20.4. The van der Waals surface area contributed by atoms with Crippen molar-refractivity contribution in [2.24, 2.45) is 5.73 Å². The van der Waals surface area contributed by atoms with E-state index in [1.54, 1.807) is 24.3 Å². The molecule has 0 radical (unpaired) electrons. The van der Waals surface area contributed by atoms with E-state index in [9.17, 15) is 27.8 Å². The number of benzene rings is 2. The summed E-state index contributed by atoms with van der Waals surface area (Å²) in [5.41, 5.74) is 7.68. The molecule has 1 unspecified atom stereocenters. The van der Waals surface area contributed by atoms with Gasteiger partial charge in [-0.3, -0.25) is 14.3 Å². The molecule has 2 aromatic carbocycles. The summed E-state index contributed by atoms with van der Waals surface area (Å²) >= 11 is 0. The number of unbranched alkanes of at least 4 members (excludes halogenated alkanes) is 1. The molecule has 0 amide bonds. The third-order valence-electron chi connectivity index (χ3n) is 6.30. The summed E-state index contributed by atoms with van der Waals surface area (Å²) < 4.78 is 37.7. The molecule has 0 spiro atoms. The van der Waals surface area contributed by atoms with Crippen LogP contribution in [0.1, 0.15) is 24.8 Å². The number of rotatable bonds is 9. The maximum atomic E-state index is 13.0. The summed E-state index contributed by atoms with van der Waals surface area (Å²) in [5, 5.41) is 8.27. The Morgan fingerprint density at radius 3 is 2.39 bits per heavy atom. The Hall–Kier alpha value is -2.03. The van der Waals surface area contributed by atoms with Crippen LogP contribution in [-0.4, -0.2) is 66.5 Å². The average molecular weight is 495 g/mol. The lowest BCUT2D eigenvalue weighted by atomic mass is 9.97. The van der Waals surface area contributed by atoms with Gasteiger partial charge in [0.2, 0.25) is 7.37 Å². The lowest BCUT2D eigenvalue weighted by molar-refractivity contribution is -0.141.